The second kappa shape index (κ2) is 12.8. The third-order valence-corrected chi connectivity index (χ3v) is 5.67. The first-order valence-corrected chi connectivity index (χ1v) is 11.0. The van der Waals surface area contributed by atoms with Gasteiger partial charge in [-0.05, 0) is 25.0 Å². The van der Waals surface area contributed by atoms with E-state index in [-0.39, 0.29) is 62.4 Å². The van der Waals surface area contributed by atoms with Crippen LogP contribution >= 0.6 is 0 Å². The molecule has 1 aromatic rings. The van der Waals surface area contributed by atoms with Gasteiger partial charge in [0.25, 0.3) is 0 Å². The van der Waals surface area contributed by atoms with Crippen LogP contribution in [-0.2, 0) is 10.1 Å². The Balaban J connectivity index is 0.00000338. The standard InChI is InChI=1S/C19H32N2O3S.K/c1-2-3-4-5-6-7-8-9-10-11-15-18-20-16-13-12-14-17(19(16)21-18)25(22,23)24;/h12-14,18,20-21H,2-11,15H2,1H3,(H,22,23,24);/q;+1/p-1. The second-order valence-electron chi connectivity index (χ2n) is 6.94. The van der Waals surface area contributed by atoms with Crippen molar-refractivity contribution in [2.45, 2.75) is 88.6 Å². The van der Waals surface area contributed by atoms with E-state index < -0.39 is 10.1 Å². The van der Waals surface area contributed by atoms with Crippen molar-refractivity contribution in [2.75, 3.05) is 10.6 Å². The van der Waals surface area contributed by atoms with E-state index in [4.69, 9.17) is 0 Å². The van der Waals surface area contributed by atoms with Crippen molar-refractivity contribution in [1.29, 1.82) is 0 Å². The van der Waals surface area contributed by atoms with Gasteiger partial charge < -0.3 is 15.2 Å². The summed E-state index contributed by atoms with van der Waals surface area (Å²) in [7, 11) is -4.45. The van der Waals surface area contributed by atoms with E-state index in [1.165, 1.54) is 63.9 Å². The SMILES string of the molecule is CCCCCCCCCCCCC1Nc2cccc(S(=O)(=O)[O-])c2N1.[K+]. The van der Waals surface area contributed by atoms with Gasteiger partial charge in [0.1, 0.15) is 10.1 Å². The van der Waals surface area contributed by atoms with E-state index in [1.54, 1.807) is 12.1 Å². The van der Waals surface area contributed by atoms with Crippen molar-refractivity contribution in [2.24, 2.45) is 0 Å². The molecule has 1 unspecified atom stereocenters. The number of benzene rings is 1. The minimum Gasteiger partial charge on any atom is -0.744 e. The van der Waals surface area contributed by atoms with Gasteiger partial charge in [-0.25, -0.2) is 8.42 Å². The Morgan fingerprint density at radius 3 is 2.08 bits per heavy atom. The van der Waals surface area contributed by atoms with Crippen LogP contribution in [-0.4, -0.2) is 19.1 Å². The molecule has 0 aromatic heterocycles. The molecule has 5 nitrogen and oxygen atoms in total. The van der Waals surface area contributed by atoms with Crippen LogP contribution in [0.1, 0.15) is 77.6 Å². The van der Waals surface area contributed by atoms with Crippen LogP contribution in [0.3, 0.4) is 0 Å². The Bertz CT molecular complexity index is 638. The average molecular weight is 407 g/mol. The summed E-state index contributed by atoms with van der Waals surface area (Å²) in [6, 6.07) is 4.76. The summed E-state index contributed by atoms with van der Waals surface area (Å²) in [6.07, 6.45) is 13.9. The molecule has 0 saturated carbocycles. The fourth-order valence-corrected chi connectivity index (χ4v) is 4.05. The Hall–Kier alpha value is 0.366. The van der Waals surface area contributed by atoms with Gasteiger partial charge >= 0.3 is 51.4 Å². The Kier molecular flexibility index (Phi) is 12.0. The molecule has 1 aromatic carbocycles. The summed E-state index contributed by atoms with van der Waals surface area (Å²) >= 11 is 0. The summed E-state index contributed by atoms with van der Waals surface area (Å²) in [5, 5.41) is 6.41. The molecule has 0 saturated heterocycles. The zero-order valence-corrected chi connectivity index (χ0v) is 20.2. The molecule has 0 amide bonds. The number of unbranched alkanes of at least 4 members (excludes halogenated alkanes) is 9. The van der Waals surface area contributed by atoms with Crippen molar-refractivity contribution in [3.8, 4) is 0 Å². The molecule has 1 heterocycles. The fourth-order valence-electron chi connectivity index (χ4n) is 3.39. The topological polar surface area (TPSA) is 81.3 Å². The number of hydrogen-bond donors (Lipinski definition) is 2. The van der Waals surface area contributed by atoms with Crippen LogP contribution in [0.15, 0.2) is 23.1 Å². The number of hydrogen-bond acceptors (Lipinski definition) is 5. The molecule has 142 valence electrons. The largest absolute Gasteiger partial charge is 1.00 e. The van der Waals surface area contributed by atoms with Crippen molar-refractivity contribution in [3.05, 3.63) is 18.2 Å². The monoisotopic (exact) mass is 406 g/mol. The number of para-hydroxylation sites is 1. The molecule has 0 fully saturated rings. The van der Waals surface area contributed by atoms with E-state index in [0.29, 0.717) is 11.4 Å². The maximum absolute atomic E-state index is 11.3. The molecule has 7 heteroatoms. The minimum absolute atomic E-state index is 0. The smallest absolute Gasteiger partial charge is 0.744 e. The molecule has 2 N–H and O–H groups in total. The van der Waals surface area contributed by atoms with E-state index in [0.717, 1.165) is 12.8 Å². The van der Waals surface area contributed by atoms with E-state index in [1.807, 2.05) is 0 Å². The van der Waals surface area contributed by atoms with Crippen molar-refractivity contribution < 1.29 is 64.4 Å². The van der Waals surface area contributed by atoms with Crippen LogP contribution in [0.4, 0.5) is 11.4 Å². The van der Waals surface area contributed by atoms with Crippen LogP contribution in [0.2, 0.25) is 0 Å². The average Bonchev–Trinajstić information content (AvgIpc) is 2.98. The number of nitrogens with one attached hydrogen (secondary N) is 2. The first kappa shape index (κ1) is 24.4. The molecule has 1 aliphatic rings. The molecule has 2 rings (SSSR count). The molecule has 0 aliphatic carbocycles. The Labute approximate surface area is 201 Å². The van der Waals surface area contributed by atoms with Gasteiger partial charge in [-0.2, -0.15) is 0 Å². The molecule has 26 heavy (non-hydrogen) atoms. The molecular formula is C19H31KN2O3S. The molecule has 0 radical (unpaired) electrons. The third-order valence-electron chi connectivity index (χ3n) is 4.79. The maximum atomic E-state index is 11.3. The summed E-state index contributed by atoms with van der Waals surface area (Å²) in [6.45, 7) is 2.24. The first-order chi connectivity index (χ1) is 12.0. The Morgan fingerprint density at radius 1 is 0.923 bits per heavy atom. The number of rotatable bonds is 12. The zero-order valence-electron chi connectivity index (χ0n) is 16.2. The van der Waals surface area contributed by atoms with Gasteiger partial charge in [-0.1, -0.05) is 70.8 Å². The molecule has 1 aliphatic heterocycles. The van der Waals surface area contributed by atoms with Crippen molar-refractivity contribution in [3.63, 3.8) is 0 Å². The fraction of sp³-hybridized carbons (Fsp3) is 0.684. The van der Waals surface area contributed by atoms with E-state index in [2.05, 4.69) is 17.6 Å². The summed E-state index contributed by atoms with van der Waals surface area (Å²) in [5.74, 6) is 0. The maximum Gasteiger partial charge on any atom is 1.00 e. The van der Waals surface area contributed by atoms with Crippen LogP contribution < -0.4 is 62.0 Å². The predicted octanol–water partition coefficient (Wildman–Crippen LogP) is 2.07. The molecule has 1 atom stereocenters. The number of anilines is 2. The molecule has 0 bridgehead atoms. The summed E-state index contributed by atoms with van der Waals surface area (Å²) in [4.78, 5) is -0.164. The van der Waals surface area contributed by atoms with E-state index >= 15 is 0 Å². The predicted molar refractivity (Wildman–Crippen MR) is 102 cm³/mol. The van der Waals surface area contributed by atoms with Crippen LogP contribution in [0.5, 0.6) is 0 Å². The zero-order chi connectivity index (χ0) is 18.1. The number of fused-ring (bicyclic) bond motifs is 1. The Morgan fingerprint density at radius 2 is 1.50 bits per heavy atom. The van der Waals surface area contributed by atoms with Gasteiger partial charge in [0.15, 0.2) is 0 Å². The molecular weight excluding hydrogens is 375 g/mol. The third kappa shape index (κ3) is 8.16. The van der Waals surface area contributed by atoms with Gasteiger partial charge in [0.2, 0.25) is 0 Å². The van der Waals surface area contributed by atoms with Crippen molar-refractivity contribution >= 4 is 21.5 Å². The first-order valence-electron chi connectivity index (χ1n) is 9.64. The van der Waals surface area contributed by atoms with Crippen LogP contribution in [0.25, 0.3) is 0 Å². The minimum atomic E-state index is -4.45. The van der Waals surface area contributed by atoms with Gasteiger partial charge in [0, 0.05) is 0 Å². The quantitative estimate of drug-likeness (QED) is 0.315. The molecule has 0 spiro atoms. The normalized spacial score (nSPS) is 15.7. The van der Waals surface area contributed by atoms with Gasteiger partial charge in [0.05, 0.1) is 22.4 Å². The van der Waals surface area contributed by atoms with Gasteiger partial charge in [-0.15, -0.1) is 0 Å². The van der Waals surface area contributed by atoms with E-state index in [9.17, 15) is 13.0 Å². The second-order valence-corrected chi connectivity index (χ2v) is 8.29. The van der Waals surface area contributed by atoms with Gasteiger partial charge in [-0.3, -0.25) is 0 Å². The van der Waals surface area contributed by atoms with Crippen molar-refractivity contribution in [1.82, 2.24) is 0 Å². The van der Waals surface area contributed by atoms with Crippen LogP contribution in [0, 0.1) is 0 Å². The summed E-state index contributed by atoms with van der Waals surface area (Å²) < 4.78 is 34.0. The summed E-state index contributed by atoms with van der Waals surface area (Å²) in [5.41, 5.74) is 1.13.